The lowest BCUT2D eigenvalue weighted by molar-refractivity contribution is -0.104. The third-order valence-electron chi connectivity index (χ3n) is 3.94. The molecule has 0 spiro atoms. The van der Waals surface area contributed by atoms with Crippen LogP contribution in [0.2, 0.25) is 0 Å². The fourth-order valence-corrected chi connectivity index (χ4v) is 2.97. The van der Waals surface area contributed by atoms with Crippen molar-refractivity contribution >= 4 is 5.95 Å². The Morgan fingerprint density at radius 3 is 3.16 bits per heavy atom. The zero-order valence-corrected chi connectivity index (χ0v) is 10.8. The lowest BCUT2D eigenvalue weighted by Crippen LogP contribution is -2.69. The summed E-state index contributed by atoms with van der Waals surface area (Å²) in [6.45, 7) is 2.64. The van der Waals surface area contributed by atoms with Crippen molar-refractivity contribution in [1.82, 2.24) is 9.97 Å². The number of hydrogen-bond donors (Lipinski definition) is 2. The molecular weight excluding hydrogens is 242 g/mol. The number of fused-ring (bicyclic) bond motifs is 1. The van der Waals surface area contributed by atoms with E-state index in [4.69, 9.17) is 15.7 Å². The van der Waals surface area contributed by atoms with E-state index in [0.717, 1.165) is 25.1 Å². The first-order valence-corrected chi connectivity index (χ1v) is 6.58. The van der Waals surface area contributed by atoms with E-state index in [0.29, 0.717) is 17.6 Å². The Kier molecular flexibility index (Phi) is 3.09. The van der Waals surface area contributed by atoms with E-state index in [1.165, 1.54) is 0 Å². The van der Waals surface area contributed by atoms with Crippen LogP contribution in [0.15, 0.2) is 6.07 Å². The summed E-state index contributed by atoms with van der Waals surface area (Å²) in [5, 5.41) is 12.1. The normalized spacial score (nSPS) is 32.9. The molecule has 19 heavy (non-hydrogen) atoms. The van der Waals surface area contributed by atoms with Crippen molar-refractivity contribution in [2.45, 2.75) is 38.0 Å². The van der Waals surface area contributed by atoms with Crippen LogP contribution in [0, 0.1) is 24.2 Å². The van der Waals surface area contributed by atoms with Crippen LogP contribution < -0.4 is 11.1 Å². The molecule has 1 saturated heterocycles. The monoisotopic (exact) mass is 259 g/mol. The first-order valence-electron chi connectivity index (χ1n) is 6.58. The van der Waals surface area contributed by atoms with Gasteiger partial charge >= 0.3 is 0 Å². The SMILES string of the molecule is Cc1cc(C#N)nc(NC2C(N)C3CCCOC32)n1. The largest absolute Gasteiger partial charge is 0.376 e. The quantitative estimate of drug-likeness (QED) is 0.806. The molecule has 0 aromatic carbocycles. The second-order valence-corrected chi connectivity index (χ2v) is 5.22. The fraction of sp³-hybridized carbons (Fsp3) is 0.615. The first kappa shape index (κ1) is 12.3. The van der Waals surface area contributed by atoms with Gasteiger partial charge in [-0.1, -0.05) is 0 Å². The second-order valence-electron chi connectivity index (χ2n) is 5.22. The van der Waals surface area contributed by atoms with Crippen molar-refractivity contribution in [2.24, 2.45) is 11.7 Å². The number of aromatic nitrogens is 2. The van der Waals surface area contributed by atoms with Gasteiger partial charge in [-0.25, -0.2) is 9.97 Å². The number of aryl methyl sites for hydroxylation is 1. The molecule has 4 unspecified atom stereocenters. The standard InChI is InChI=1S/C13H17N5O/c1-7-5-8(6-14)17-13(16-7)18-11-10(15)9-3-2-4-19-12(9)11/h5,9-12H,2-4,15H2,1H3,(H,16,17,18). The number of ether oxygens (including phenoxy) is 1. The third-order valence-corrected chi connectivity index (χ3v) is 3.94. The van der Waals surface area contributed by atoms with Crippen molar-refractivity contribution < 1.29 is 4.74 Å². The van der Waals surface area contributed by atoms with Crippen LogP contribution in [-0.2, 0) is 4.74 Å². The van der Waals surface area contributed by atoms with Crippen LogP contribution in [0.3, 0.4) is 0 Å². The molecule has 6 nitrogen and oxygen atoms in total. The summed E-state index contributed by atoms with van der Waals surface area (Å²) in [6.07, 6.45) is 2.36. The molecule has 1 aliphatic heterocycles. The van der Waals surface area contributed by atoms with E-state index in [2.05, 4.69) is 15.3 Å². The summed E-state index contributed by atoms with van der Waals surface area (Å²) in [4.78, 5) is 8.44. The van der Waals surface area contributed by atoms with Crippen molar-refractivity contribution in [2.75, 3.05) is 11.9 Å². The van der Waals surface area contributed by atoms with E-state index in [9.17, 15) is 0 Å². The van der Waals surface area contributed by atoms with E-state index in [1.807, 2.05) is 13.0 Å². The molecule has 1 aromatic rings. The Morgan fingerprint density at radius 1 is 1.53 bits per heavy atom. The molecule has 4 atom stereocenters. The molecular formula is C13H17N5O. The van der Waals surface area contributed by atoms with Gasteiger partial charge in [0.25, 0.3) is 0 Å². The van der Waals surface area contributed by atoms with Crippen LogP contribution in [-0.4, -0.2) is 34.8 Å². The number of nitriles is 1. The van der Waals surface area contributed by atoms with Gasteiger partial charge < -0.3 is 15.8 Å². The average molecular weight is 259 g/mol. The Hall–Kier alpha value is -1.71. The maximum absolute atomic E-state index is 8.91. The van der Waals surface area contributed by atoms with Crippen molar-refractivity contribution in [3.63, 3.8) is 0 Å². The zero-order chi connectivity index (χ0) is 13.4. The predicted octanol–water partition coefficient (Wildman–Crippen LogP) is 0.573. The van der Waals surface area contributed by atoms with Gasteiger partial charge in [-0.15, -0.1) is 0 Å². The van der Waals surface area contributed by atoms with Crippen molar-refractivity contribution in [3.8, 4) is 6.07 Å². The van der Waals surface area contributed by atoms with Crippen molar-refractivity contribution in [3.05, 3.63) is 17.5 Å². The molecule has 1 aromatic heterocycles. The summed E-state index contributed by atoms with van der Waals surface area (Å²) in [5.74, 6) is 0.899. The Morgan fingerprint density at radius 2 is 2.37 bits per heavy atom. The van der Waals surface area contributed by atoms with Crippen LogP contribution in [0.1, 0.15) is 24.2 Å². The van der Waals surface area contributed by atoms with Crippen molar-refractivity contribution in [1.29, 1.82) is 5.26 Å². The highest BCUT2D eigenvalue weighted by molar-refractivity contribution is 5.36. The van der Waals surface area contributed by atoms with Gasteiger partial charge in [0.05, 0.1) is 12.1 Å². The number of anilines is 1. The Bertz CT molecular complexity index is 526. The number of nitrogens with zero attached hydrogens (tertiary/aromatic N) is 3. The molecule has 1 aliphatic carbocycles. The maximum Gasteiger partial charge on any atom is 0.224 e. The summed E-state index contributed by atoms with van der Waals surface area (Å²) < 4.78 is 5.76. The van der Waals surface area contributed by atoms with Crippen LogP contribution in [0.25, 0.3) is 0 Å². The van der Waals surface area contributed by atoms with E-state index < -0.39 is 0 Å². The molecule has 3 N–H and O–H groups in total. The molecule has 3 rings (SSSR count). The molecule has 0 amide bonds. The minimum absolute atomic E-state index is 0.0404. The molecule has 1 saturated carbocycles. The van der Waals surface area contributed by atoms with E-state index in [1.54, 1.807) is 6.07 Å². The molecule has 0 radical (unpaired) electrons. The number of hydrogen-bond acceptors (Lipinski definition) is 6. The van der Waals surface area contributed by atoms with Gasteiger partial charge in [0.1, 0.15) is 11.8 Å². The second kappa shape index (κ2) is 4.76. The molecule has 0 bridgehead atoms. The minimum Gasteiger partial charge on any atom is -0.376 e. The molecule has 6 heteroatoms. The van der Waals surface area contributed by atoms with Gasteiger partial charge in [-0.05, 0) is 25.8 Å². The first-order chi connectivity index (χ1) is 9.19. The number of rotatable bonds is 2. The number of nitrogens with two attached hydrogens (primary N) is 1. The fourth-order valence-electron chi connectivity index (χ4n) is 2.97. The summed E-state index contributed by atoms with van der Waals surface area (Å²) >= 11 is 0. The highest BCUT2D eigenvalue weighted by Gasteiger charge is 2.50. The summed E-state index contributed by atoms with van der Waals surface area (Å²) in [6, 6.07) is 3.80. The van der Waals surface area contributed by atoms with Gasteiger partial charge in [-0.3, -0.25) is 0 Å². The average Bonchev–Trinajstić information content (AvgIpc) is 2.43. The predicted molar refractivity (Wildman–Crippen MR) is 69.3 cm³/mol. The molecule has 2 heterocycles. The Balaban J connectivity index is 1.75. The third kappa shape index (κ3) is 2.15. The molecule has 100 valence electrons. The highest BCUT2D eigenvalue weighted by atomic mass is 16.5. The molecule has 2 aliphatic rings. The van der Waals surface area contributed by atoms with E-state index in [-0.39, 0.29) is 18.2 Å². The van der Waals surface area contributed by atoms with Crippen LogP contribution in [0.4, 0.5) is 5.95 Å². The van der Waals surface area contributed by atoms with Gasteiger partial charge in [0, 0.05) is 24.3 Å². The zero-order valence-electron chi connectivity index (χ0n) is 10.8. The minimum atomic E-state index is 0.0404. The van der Waals surface area contributed by atoms with Gasteiger partial charge in [0.15, 0.2) is 0 Å². The van der Waals surface area contributed by atoms with Crippen LogP contribution in [0.5, 0.6) is 0 Å². The molecule has 2 fully saturated rings. The van der Waals surface area contributed by atoms with E-state index >= 15 is 0 Å². The van der Waals surface area contributed by atoms with Gasteiger partial charge in [0.2, 0.25) is 5.95 Å². The highest BCUT2D eigenvalue weighted by Crippen LogP contribution is 2.38. The topological polar surface area (TPSA) is 96.9 Å². The summed E-state index contributed by atoms with van der Waals surface area (Å²) in [5.41, 5.74) is 7.30. The summed E-state index contributed by atoms with van der Waals surface area (Å²) in [7, 11) is 0. The maximum atomic E-state index is 8.91. The van der Waals surface area contributed by atoms with Crippen LogP contribution >= 0.6 is 0 Å². The lowest BCUT2D eigenvalue weighted by Gasteiger charge is -2.52. The van der Waals surface area contributed by atoms with Gasteiger partial charge in [-0.2, -0.15) is 5.26 Å². The lowest BCUT2D eigenvalue weighted by atomic mass is 9.69. The Labute approximate surface area is 112 Å². The smallest absolute Gasteiger partial charge is 0.224 e. The number of nitrogens with one attached hydrogen (secondary N) is 1.